The fraction of sp³-hybridized carbons (Fsp3) is 0.286. The van der Waals surface area contributed by atoms with E-state index in [1.54, 1.807) is 31.4 Å². The number of ether oxygens (including phenoxy) is 3. The van der Waals surface area contributed by atoms with Crippen molar-refractivity contribution in [3.63, 3.8) is 0 Å². The second-order valence-electron chi connectivity index (χ2n) is 6.22. The Kier molecular flexibility index (Phi) is 8.50. The van der Waals surface area contributed by atoms with E-state index in [1.165, 1.54) is 0 Å². The molecule has 8 nitrogen and oxygen atoms in total. The monoisotopic (exact) mass is 400 g/mol. The van der Waals surface area contributed by atoms with Crippen molar-refractivity contribution < 1.29 is 28.6 Å². The lowest BCUT2D eigenvalue weighted by Gasteiger charge is -2.17. The molecule has 2 amide bonds. The van der Waals surface area contributed by atoms with Crippen LogP contribution in [-0.2, 0) is 32.3 Å². The van der Waals surface area contributed by atoms with Gasteiger partial charge in [-0.1, -0.05) is 42.5 Å². The molecule has 2 aromatic carbocycles. The minimum atomic E-state index is -1.05. The maximum absolute atomic E-state index is 12.4. The predicted octanol–water partition coefficient (Wildman–Crippen LogP) is 2.30. The van der Waals surface area contributed by atoms with Gasteiger partial charge in [0.05, 0.1) is 7.11 Å². The van der Waals surface area contributed by atoms with Crippen LogP contribution in [0.25, 0.3) is 0 Å². The van der Waals surface area contributed by atoms with Crippen molar-refractivity contribution in [3.05, 3.63) is 65.7 Å². The zero-order chi connectivity index (χ0) is 21.1. The van der Waals surface area contributed by atoms with Crippen molar-refractivity contribution in [2.75, 3.05) is 7.11 Å². The average molecular weight is 400 g/mol. The number of alkyl carbamates (subject to hydrolysis) is 1. The molecular weight excluding hydrogens is 376 g/mol. The van der Waals surface area contributed by atoms with Crippen LogP contribution >= 0.6 is 0 Å². The Balaban J connectivity index is 1.88. The van der Waals surface area contributed by atoms with Crippen LogP contribution in [0.15, 0.2) is 54.6 Å². The third-order valence-corrected chi connectivity index (χ3v) is 4.01. The largest absolute Gasteiger partial charge is 0.497 e. The van der Waals surface area contributed by atoms with Crippen LogP contribution in [0.4, 0.5) is 4.79 Å². The number of methoxy groups -OCH3 is 1. The minimum absolute atomic E-state index is 0.0113. The second-order valence-corrected chi connectivity index (χ2v) is 6.22. The topological polar surface area (TPSA) is 117 Å². The lowest BCUT2D eigenvalue weighted by Crippen LogP contribution is -2.42. The molecule has 154 valence electrons. The van der Waals surface area contributed by atoms with Crippen LogP contribution in [0.1, 0.15) is 24.0 Å². The summed E-state index contributed by atoms with van der Waals surface area (Å²) in [6.07, 6.45) is -0.864. The summed E-state index contributed by atoms with van der Waals surface area (Å²) < 4.78 is 15.4. The van der Waals surface area contributed by atoms with Crippen molar-refractivity contribution >= 4 is 18.0 Å². The Morgan fingerprint density at radius 3 is 2.17 bits per heavy atom. The maximum Gasteiger partial charge on any atom is 0.408 e. The zero-order valence-electron chi connectivity index (χ0n) is 16.1. The number of hydrogen-bond donors (Lipinski definition) is 2. The van der Waals surface area contributed by atoms with Gasteiger partial charge in [-0.15, -0.1) is 0 Å². The summed E-state index contributed by atoms with van der Waals surface area (Å²) in [5.74, 6) is -0.568. The van der Waals surface area contributed by atoms with Gasteiger partial charge in [0.15, 0.2) is 0 Å². The number of amides is 2. The summed E-state index contributed by atoms with van der Waals surface area (Å²) in [5.41, 5.74) is 6.70. The number of nitrogens with two attached hydrogens (primary N) is 1. The van der Waals surface area contributed by atoms with E-state index >= 15 is 0 Å². The van der Waals surface area contributed by atoms with Gasteiger partial charge in [0.2, 0.25) is 5.91 Å². The summed E-state index contributed by atoms with van der Waals surface area (Å²) in [4.78, 5) is 35.5. The number of hydrogen-bond acceptors (Lipinski definition) is 6. The highest BCUT2D eigenvalue weighted by Crippen LogP contribution is 2.12. The molecule has 0 fully saturated rings. The molecule has 1 atom stereocenters. The molecular formula is C21H24N2O6. The third kappa shape index (κ3) is 7.92. The first-order chi connectivity index (χ1) is 14.0. The van der Waals surface area contributed by atoms with Crippen LogP contribution in [0.2, 0.25) is 0 Å². The van der Waals surface area contributed by atoms with Crippen LogP contribution in [-0.4, -0.2) is 31.1 Å². The van der Waals surface area contributed by atoms with Crippen molar-refractivity contribution in [2.45, 2.75) is 32.1 Å². The number of rotatable bonds is 10. The molecule has 8 heteroatoms. The van der Waals surface area contributed by atoms with Crippen LogP contribution in [0.5, 0.6) is 5.75 Å². The number of esters is 1. The smallest absolute Gasteiger partial charge is 0.408 e. The van der Waals surface area contributed by atoms with Gasteiger partial charge in [0, 0.05) is 6.42 Å². The Labute approximate surface area is 168 Å². The first kappa shape index (κ1) is 21.7. The van der Waals surface area contributed by atoms with Gasteiger partial charge in [0.25, 0.3) is 0 Å². The van der Waals surface area contributed by atoms with Crippen molar-refractivity contribution in [2.24, 2.45) is 5.73 Å². The average Bonchev–Trinajstić information content (AvgIpc) is 2.74. The molecule has 0 unspecified atom stereocenters. The van der Waals surface area contributed by atoms with E-state index in [9.17, 15) is 14.4 Å². The molecule has 29 heavy (non-hydrogen) atoms. The molecule has 0 aliphatic rings. The van der Waals surface area contributed by atoms with Gasteiger partial charge >= 0.3 is 12.1 Å². The SMILES string of the molecule is COc1ccc(COC(=O)N[C@@H](CCC(N)=O)C(=O)OCc2ccccc2)cc1. The predicted molar refractivity (Wildman–Crippen MR) is 105 cm³/mol. The van der Waals surface area contributed by atoms with E-state index in [0.29, 0.717) is 5.75 Å². The molecule has 0 aliphatic heterocycles. The number of carbonyl (C=O) groups is 3. The molecule has 0 heterocycles. The molecule has 2 aromatic rings. The van der Waals surface area contributed by atoms with E-state index in [2.05, 4.69) is 5.32 Å². The van der Waals surface area contributed by atoms with Crippen molar-refractivity contribution in [3.8, 4) is 5.75 Å². The molecule has 2 rings (SSSR count). The molecule has 0 radical (unpaired) electrons. The van der Waals surface area contributed by atoms with Crippen LogP contribution < -0.4 is 15.8 Å². The van der Waals surface area contributed by atoms with Gasteiger partial charge in [0.1, 0.15) is 25.0 Å². The van der Waals surface area contributed by atoms with E-state index < -0.39 is 24.0 Å². The molecule has 3 N–H and O–H groups in total. The highest BCUT2D eigenvalue weighted by molar-refractivity contribution is 5.82. The van der Waals surface area contributed by atoms with Crippen molar-refractivity contribution in [1.29, 1.82) is 0 Å². The van der Waals surface area contributed by atoms with Crippen molar-refractivity contribution in [1.82, 2.24) is 5.32 Å². The molecule has 0 saturated carbocycles. The van der Waals surface area contributed by atoms with E-state index in [4.69, 9.17) is 19.9 Å². The zero-order valence-corrected chi connectivity index (χ0v) is 16.1. The lowest BCUT2D eigenvalue weighted by molar-refractivity contribution is -0.147. The lowest BCUT2D eigenvalue weighted by atomic mass is 10.1. The van der Waals surface area contributed by atoms with Gasteiger partial charge in [-0.05, 0) is 29.7 Å². The summed E-state index contributed by atoms with van der Waals surface area (Å²) in [5, 5.41) is 2.43. The fourth-order valence-corrected chi connectivity index (χ4v) is 2.42. The Hall–Kier alpha value is -3.55. The summed E-state index contributed by atoms with van der Waals surface area (Å²) >= 11 is 0. The van der Waals surface area contributed by atoms with Gasteiger partial charge in [-0.25, -0.2) is 9.59 Å². The number of nitrogens with one attached hydrogen (secondary N) is 1. The highest BCUT2D eigenvalue weighted by Gasteiger charge is 2.23. The van der Waals surface area contributed by atoms with Gasteiger partial charge in [-0.3, -0.25) is 4.79 Å². The van der Waals surface area contributed by atoms with Gasteiger partial charge in [-0.2, -0.15) is 0 Å². The molecule has 0 saturated heterocycles. The number of carbonyl (C=O) groups excluding carboxylic acids is 3. The Bertz CT molecular complexity index is 808. The fourth-order valence-electron chi connectivity index (χ4n) is 2.42. The first-order valence-electron chi connectivity index (χ1n) is 9.03. The first-order valence-corrected chi connectivity index (χ1v) is 9.03. The molecule has 0 spiro atoms. The normalized spacial score (nSPS) is 11.2. The Morgan fingerprint density at radius 1 is 0.931 bits per heavy atom. The third-order valence-electron chi connectivity index (χ3n) is 4.01. The van der Waals surface area contributed by atoms with E-state index in [-0.39, 0.29) is 26.1 Å². The summed E-state index contributed by atoms with van der Waals surface area (Å²) in [7, 11) is 1.56. The second kappa shape index (κ2) is 11.3. The molecule has 0 aromatic heterocycles. The highest BCUT2D eigenvalue weighted by atomic mass is 16.6. The van der Waals surface area contributed by atoms with E-state index in [0.717, 1.165) is 11.1 Å². The molecule has 0 bridgehead atoms. The maximum atomic E-state index is 12.4. The van der Waals surface area contributed by atoms with E-state index in [1.807, 2.05) is 30.3 Å². The number of primary amides is 1. The summed E-state index contributed by atoms with van der Waals surface area (Å²) in [6.45, 7) is 0.0623. The van der Waals surface area contributed by atoms with Crippen LogP contribution in [0, 0.1) is 0 Å². The standard InChI is InChI=1S/C21H24N2O6/c1-27-17-9-7-16(8-10-17)14-29-21(26)23-18(11-12-19(22)24)20(25)28-13-15-5-3-2-4-6-15/h2-10,18H,11-14H2,1H3,(H2,22,24)(H,23,26)/t18-/m0/s1. The minimum Gasteiger partial charge on any atom is -0.497 e. The van der Waals surface area contributed by atoms with Crippen LogP contribution in [0.3, 0.4) is 0 Å². The number of benzene rings is 2. The molecule has 0 aliphatic carbocycles. The summed E-state index contributed by atoms with van der Waals surface area (Å²) in [6, 6.07) is 15.1. The quantitative estimate of drug-likeness (QED) is 0.591. The Morgan fingerprint density at radius 2 is 1.55 bits per heavy atom. The van der Waals surface area contributed by atoms with Gasteiger partial charge < -0.3 is 25.3 Å².